The first-order valence-corrected chi connectivity index (χ1v) is 10.2. The van der Waals surface area contributed by atoms with Crippen LogP contribution in [0.5, 0.6) is 0 Å². The first-order chi connectivity index (χ1) is 14.1. The van der Waals surface area contributed by atoms with Gasteiger partial charge in [-0.05, 0) is 60.7 Å². The molecule has 3 heterocycles. The summed E-state index contributed by atoms with van der Waals surface area (Å²) in [6, 6.07) is 15.8. The average molecular weight is 393 g/mol. The Morgan fingerprint density at radius 3 is 2.17 bits per heavy atom. The minimum absolute atomic E-state index is 0.113. The zero-order valence-electron chi connectivity index (χ0n) is 16.7. The second-order valence-corrected chi connectivity index (χ2v) is 7.83. The Balaban J connectivity index is 1.35. The van der Waals surface area contributed by atoms with Gasteiger partial charge >= 0.3 is 6.09 Å². The number of ether oxygens (including phenoxy) is 1. The van der Waals surface area contributed by atoms with E-state index in [0.717, 1.165) is 54.9 Å². The number of fused-ring (bicyclic) bond motifs is 3. The van der Waals surface area contributed by atoms with Crippen LogP contribution < -0.4 is 10.6 Å². The van der Waals surface area contributed by atoms with Crippen LogP contribution in [0, 0.1) is 11.8 Å². The normalized spacial score (nSPS) is 22.7. The number of piperidine rings is 3. The first-order valence-electron chi connectivity index (χ1n) is 10.2. The lowest BCUT2D eigenvalue weighted by Gasteiger charge is -2.43. The van der Waals surface area contributed by atoms with Crippen LogP contribution >= 0.6 is 0 Å². The summed E-state index contributed by atoms with van der Waals surface area (Å²) in [5, 5.41) is 5.52. The molecule has 152 valence electrons. The van der Waals surface area contributed by atoms with Crippen molar-refractivity contribution in [3.8, 4) is 11.1 Å². The monoisotopic (exact) mass is 393 g/mol. The van der Waals surface area contributed by atoms with Gasteiger partial charge in [0.2, 0.25) is 5.91 Å². The minimum Gasteiger partial charge on any atom is -0.445 e. The van der Waals surface area contributed by atoms with Crippen molar-refractivity contribution < 1.29 is 14.3 Å². The Labute approximate surface area is 171 Å². The van der Waals surface area contributed by atoms with E-state index in [0.29, 0.717) is 5.92 Å². The number of amides is 2. The lowest BCUT2D eigenvalue weighted by Crippen LogP contribution is -2.51. The molecular weight excluding hydrogens is 366 g/mol. The molecule has 3 aliphatic heterocycles. The molecule has 2 aromatic carbocycles. The van der Waals surface area contributed by atoms with E-state index in [4.69, 9.17) is 4.74 Å². The van der Waals surface area contributed by atoms with Gasteiger partial charge in [0, 0.05) is 19.3 Å². The smallest absolute Gasteiger partial charge is 0.407 e. The van der Waals surface area contributed by atoms with Crippen LogP contribution in [0.4, 0.5) is 10.5 Å². The number of nitrogens with one attached hydrogen (secondary N) is 2. The quantitative estimate of drug-likeness (QED) is 0.816. The van der Waals surface area contributed by atoms with E-state index in [9.17, 15) is 9.59 Å². The summed E-state index contributed by atoms with van der Waals surface area (Å²) in [6.07, 6.45) is 1.84. The van der Waals surface area contributed by atoms with E-state index in [2.05, 4.69) is 15.5 Å². The van der Waals surface area contributed by atoms with Gasteiger partial charge in [0.15, 0.2) is 0 Å². The Kier molecular flexibility index (Phi) is 5.81. The molecule has 6 nitrogen and oxygen atoms in total. The number of hydrogen-bond acceptors (Lipinski definition) is 4. The fraction of sp³-hybridized carbons (Fsp3) is 0.391. The zero-order valence-corrected chi connectivity index (χ0v) is 16.7. The average Bonchev–Trinajstić information content (AvgIpc) is 2.79. The second-order valence-electron chi connectivity index (χ2n) is 7.83. The fourth-order valence-corrected chi connectivity index (χ4v) is 4.26. The van der Waals surface area contributed by atoms with Gasteiger partial charge < -0.3 is 20.3 Å². The Hall–Kier alpha value is -2.86. The molecule has 3 saturated heterocycles. The summed E-state index contributed by atoms with van der Waals surface area (Å²) < 4.78 is 5.05. The van der Waals surface area contributed by atoms with Crippen molar-refractivity contribution in [1.82, 2.24) is 10.2 Å². The molecule has 0 radical (unpaired) electrons. The third-order valence-corrected chi connectivity index (χ3v) is 6.01. The van der Waals surface area contributed by atoms with Gasteiger partial charge in [-0.25, -0.2) is 4.79 Å². The zero-order chi connectivity index (χ0) is 20.2. The van der Waals surface area contributed by atoms with Crippen molar-refractivity contribution >= 4 is 17.7 Å². The van der Waals surface area contributed by atoms with Crippen LogP contribution in [-0.2, 0) is 16.1 Å². The number of carbonyl (C=O) groups excluding carboxylic acids is 2. The van der Waals surface area contributed by atoms with Crippen molar-refractivity contribution in [3.05, 3.63) is 54.1 Å². The highest BCUT2D eigenvalue weighted by atomic mass is 16.5. The van der Waals surface area contributed by atoms with Crippen LogP contribution in [0.3, 0.4) is 0 Å². The molecule has 0 aliphatic carbocycles. The minimum atomic E-state index is -0.440. The van der Waals surface area contributed by atoms with Crippen molar-refractivity contribution in [1.29, 1.82) is 0 Å². The van der Waals surface area contributed by atoms with E-state index in [1.54, 1.807) is 0 Å². The highest BCUT2D eigenvalue weighted by molar-refractivity contribution is 5.93. The molecule has 5 rings (SSSR count). The van der Waals surface area contributed by atoms with Gasteiger partial charge in [-0.2, -0.15) is 0 Å². The lowest BCUT2D eigenvalue weighted by molar-refractivity contribution is -0.125. The van der Waals surface area contributed by atoms with Gasteiger partial charge in [-0.3, -0.25) is 4.79 Å². The van der Waals surface area contributed by atoms with E-state index in [1.165, 1.54) is 7.05 Å². The second kappa shape index (κ2) is 8.66. The van der Waals surface area contributed by atoms with E-state index in [1.807, 2.05) is 48.5 Å². The summed E-state index contributed by atoms with van der Waals surface area (Å²) in [5.41, 5.74) is 3.91. The van der Waals surface area contributed by atoms with Gasteiger partial charge in [-0.1, -0.05) is 36.4 Å². The molecular formula is C23H27N3O3. The SMILES string of the molecule is CNC(=O)OCc1ccc(-c2ccc(NC(=O)C3CN4CCC3CC4)cc2)cc1. The molecule has 2 bridgehead atoms. The van der Waals surface area contributed by atoms with Gasteiger partial charge in [0.25, 0.3) is 0 Å². The van der Waals surface area contributed by atoms with Crippen LogP contribution in [0.15, 0.2) is 48.5 Å². The largest absolute Gasteiger partial charge is 0.445 e. The Bertz CT molecular complexity index is 856. The summed E-state index contributed by atoms with van der Waals surface area (Å²) in [7, 11) is 1.54. The number of rotatable bonds is 5. The maximum Gasteiger partial charge on any atom is 0.407 e. The molecule has 2 aromatic rings. The highest BCUT2D eigenvalue weighted by Gasteiger charge is 2.38. The number of alkyl carbamates (subject to hydrolysis) is 1. The van der Waals surface area contributed by atoms with E-state index >= 15 is 0 Å². The molecule has 0 aromatic heterocycles. The molecule has 3 fully saturated rings. The predicted molar refractivity (Wildman–Crippen MR) is 112 cm³/mol. The topological polar surface area (TPSA) is 70.7 Å². The Morgan fingerprint density at radius 2 is 1.62 bits per heavy atom. The molecule has 0 spiro atoms. The molecule has 29 heavy (non-hydrogen) atoms. The number of benzene rings is 2. The molecule has 6 heteroatoms. The lowest BCUT2D eigenvalue weighted by atomic mass is 9.78. The van der Waals surface area contributed by atoms with Crippen molar-refractivity contribution in [3.63, 3.8) is 0 Å². The molecule has 1 atom stereocenters. The van der Waals surface area contributed by atoms with Crippen LogP contribution in [0.2, 0.25) is 0 Å². The molecule has 3 aliphatic rings. The highest BCUT2D eigenvalue weighted by Crippen LogP contribution is 2.33. The number of carbonyl (C=O) groups is 2. The van der Waals surface area contributed by atoms with E-state index < -0.39 is 6.09 Å². The summed E-state index contributed by atoms with van der Waals surface area (Å²) >= 11 is 0. The van der Waals surface area contributed by atoms with Gasteiger partial charge in [-0.15, -0.1) is 0 Å². The first kappa shape index (κ1) is 19.5. The van der Waals surface area contributed by atoms with Crippen molar-refractivity contribution in [2.45, 2.75) is 19.4 Å². The predicted octanol–water partition coefficient (Wildman–Crippen LogP) is 3.49. The molecule has 2 amide bonds. The number of nitrogens with zero attached hydrogens (tertiary/aromatic N) is 1. The van der Waals surface area contributed by atoms with Crippen molar-refractivity contribution in [2.75, 3.05) is 32.0 Å². The summed E-state index contributed by atoms with van der Waals surface area (Å²) in [5.74, 6) is 0.791. The molecule has 2 N–H and O–H groups in total. The standard InChI is InChI=1S/C23H27N3O3/c1-24-23(28)29-15-16-2-4-17(5-3-16)18-6-8-20(9-7-18)25-22(27)21-14-26-12-10-19(21)11-13-26/h2-9,19,21H,10-15H2,1H3,(H,24,28)(H,25,27). The van der Waals surface area contributed by atoms with Crippen LogP contribution in [0.25, 0.3) is 11.1 Å². The maximum atomic E-state index is 12.7. The molecule has 1 unspecified atom stereocenters. The maximum absolute atomic E-state index is 12.7. The number of anilines is 1. The third-order valence-electron chi connectivity index (χ3n) is 6.01. The Morgan fingerprint density at radius 1 is 1.00 bits per heavy atom. The van der Waals surface area contributed by atoms with Crippen molar-refractivity contribution in [2.24, 2.45) is 11.8 Å². The fourth-order valence-electron chi connectivity index (χ4n) is 4.26. The van der Waals surface area contributed by atoms with E-state index in [-0.39, 0.29) is 18.4 Å². The molecule has 0 saturated carbocycles. The van der Waals surface area contributed by atoms with Crippen LogP contribution in [-0.4, -0.2) is 43.6 Å². The van der Waals surface area contributed by atoms with Crippen LogP contribution in [0.1, 0.15) is 18.4 Å². The van der Waals surface area contributed by atoms with Gasteiger partial charge in [0.05, 0.1) is 5.92 Å². The summed E-state index contributed by atoms with van der Waals surface area (Å²) in [4.78, 5) is 26.3. The third kappa shape index (κ3) is 4.59. The summed E-state index contributed by atoms with van der Waals surface area (Å²) in [6.45, 7) is 3.41. The van der Waals surface area contributed by atoms with Gasteiger partial charge in [0.1, 0.15) is 6.61 Å². The number of hydrogen-bond donors (Lipinski definition) is 2.